The van der Waals surface area contributed by atoms with Gasteiger partial charge in [0.15, 0.2) is 5.82 Å². The van der Waals surface area contributed by atoms with Crippen molar-refractivity contribution in [2.75, 3.05) is 0 Å². The summed E-state index contributed by atoms with van der Waals surface area (Å²) in [5, 5.41) is 4.68. The molecule has 2 aromatic rings. The second kappa shape index (κ2) is 5.50. The van der Waals surface area contributed by atoms with E-state index in [4.69, 9.17) is 21.9 Å². The molecule has 2 atom stereocenters. The van der Waals surface area contributed by atoms with Crippen LogP contribution in [0.15, 0.2) is 28.8 Å². The van der Waals surface area contributed by atoms with E-state index in [0.29, 0.717) is 18.1 Å². The van der Waals surface area contributed by atoms with Crippen molar-refractivity contribution >= 4 is 11.6 Å². The van der Waals surface area contributed by atoms with E-state index < -0.39 is 0 Å². The van der Waals surface area contributed by atoms with E-state index in [1.807, 2.05) is 38.1 Å². The SMILES string of the molecule is CC(N)C(C)c1nc(Cc2ccc(Cl)cc2)no1. The highest BCUT2D eigenvalue weighted by molar-refractivity contribution is 6.30. The van der Waals surface area contributed by atoms with E-state index in [1.165, 1.54) is 0 Å². The van der Waals surface area contributed by atoms with Gasteiger partial charge in [0, 0.05) is 17.5 Å². The average molecular weight is 266 g/mol. The van der Waals surface area contributed by atoms with Crippen molar-refractivity contribution in [2.45, 2.75) is 32.2 Å². The summed E-state index contributed by atoms with van der Waals surface area (Å²) in [6.07, 6.45) is 0.631. The maximum absolute atomic E-state index is 5.83. The predicted molar refractivity (Wildman–Crippen MR) is 70.6 cm³/mol. The van der Waals surface area contributed by atoms with Gasteiger partial charge in [-0.05, 0) is 24.6 Å². The maximum Gasteiger partial charge on any atom is 0.231 e. The lowest BCUT2D eigenvalue weighted by Gasteiger charge is -2.09. The summed E-state index contributed by atoms with van der Waals surface area (Å²) in [4.78, 5) is 4.36. The van der Waals surface area contributed by atoms with Crippen LogP contribution in [-0.2, 0) is 6.42 Å². The number of halogens is 1. The van der Waals surface area contributed by atoms with E-state index in [2.05, 4.69) is 10.1 Å². The van der Waals surface area contributed by atoms with Crippen LogP contribution in [0.4, 0.5) is 0 Å². The molecule has 1 aromatic carbocycles. The lowest BCUT2D eigenvalue weighted by molar-refractivity contribution is 0.343. The van der Waals surface area contributed by atoms with Crippen LogP contribution in [-0.4, -0.2) is 16.2 Å². The minimum atomic E-state index is -0.00571. The Morgan fingerprint density at radius 3 is 2.56 bits per heavy atom. The molecule has 0 saturated heterocycles. The summed E-state index contributed by atoms with van der Waals surface area (Å²) >= 11 is 5.83. The maximum atomic E-state index is 5.83. The summed E-state index contributed by atoms with van der Waals surface area (Å²) in [7, 11) is 0. The Morgan fingerprint density at radius 1 is 1.28 bits per heavy atom. The molecule has 1 heterocycles. The third kappa shape index (κ3) is 3.09. The number of nitrogens with zero attached hydrogens (tertiary/aromatic N) is 2. The number of aromatic nitrogens is 2. The zero-order chi connectivity index (χ0) is 13.1. The third-order valence-corrected chi connectivity index (χ3v) is 3.19. The second-order valence-electron chi connectivity index (χ2n) is 4.50. The van der Waals surface area contributed by atoms with Crippen LogP contribution in [0.2, 0.25) is 5.02 Å². The smallest absolute Gasteiger partial charge is 0.231 e. The molecular weight excluding hydrogens is 250 g/mol. The normalized spacial score (nSPS) is 14.4. The Labute approximate surface area is 111 Å². The molecule has 5 heteroatoms. The van der Waals surface area contributed by atoms with E-state index in [9.17, 15) is 0 Å². The molecule has 2 unspecified atom stereocenters. The zero-order valence-electron chi connectivity index (χ0n) is 10.4. The summed E-state index contributed by atoms with van der Waals surface area (Å²) in [5.74, 6) is 1.32. The molecule has 0 fully saturated rings. The first-order valence-electron chi connectivity index (χ1n) is 5.89. The van der Waals surface area contributed by atoms with Crippen LogP contribution in [0.1, 0.15) is 37.0 Å². The highest BCUT2D eigenvalue weighted by Gasteiger charge is 2.17. The van der Waals surface area contributed by atoms with E-state index in [-0.39, 0.29) is 12.0 Å². The molecular formula is C13H16ClN3O. The topological polar surface area (TPSA) is 64.9 Å². The quantitative estimate of drug-likeness (QED) is 0.923. The van der Waals surface area contributed by atoms with Crippen molar-refractivity contribution in [1.29, 1.82) is 0 Å². The number of hydrogen-bond acceptors (Lipinski definition) is 4. The molecule has 2 rings (SSSR count). The van der Waals surface area contributed by atoms with Gasteiger partial charge in [-0.3, -0.25) is 0 Å². The molecule has 0 aliphatic rings. The Bertz CT molecular complexity index is 507. The first-order valence-corrected chi connectivity index (χ1v) is 6.26. The fraction of sp³-hybridized carbons (Fsp3) is 0.385. The van der Waals surface area contributed by atoms with Gasteiger partial charge in [-0.25, -0.2) is 0 Å². The molecule has 1 aromatic heterocycles. The summed E-state index contributed by atoms with van der Waals surface area (Å²) in [6.45, 7) is 3.90. The van der Waals surface area contributed by atoms with Gasteiger partial charge in [0.1, 0.15) is 0 Å². The molecule has 96 valence electrons. The van der Waals surface area contributed by atoms with Crippen molar-refractivity contribution in [1.82, 2.24) is 10.1 Å². The lowest BCUT2D eigenvalue weighted by atomic mass is 10.1. The lowest BCUT2D eigenvalue weighted by Crippen LogP contribution is -2.22. The molecule has 0 amide bonds. The van der Waals surface area contributed by atoms with Gasteiger partial charge in [-0.15, -0.1) is 0 Å². The first-order chi connectivity index (χ1) is 8.56. The third-order valence-electron chi connectivity index (χ3n) is 2.94. The Kier molecular flexibility index (Phi) is 3.99. The second-order valence-corrected chi connectivity index (χ2v) is 4.94. The van der Waals surface area contributed by atoms with Crippen LogP contribution >= 0.6 is 11.6 Å². The Balaban J connectivity index is 2.09. The predicted octanol–water partition coefficient (Wildman–Crippen LogP) is 2.76. The summed E-state index contributed by atoms with van der Waals surface area (Å²) < 4.78 is 5.22. The van der Waals surface area contributed by atoms with Crippen molar-refractivity contribution < 1.29 is 4.52 Å². The number of nitrogens with two attached hydrogens (primary N) is 1. The minimum Gasteiger partial charge on any atom is -0.339 e. The molecule has 4 nitrogen and oxygen atoms in total. The van der Waals surface area contributed by atoms with Crippen molar-refractivity contribution in [3.8, 4) is 0 Å². The first kappa shape index (κ1) is 13.1. The van der Waals surface area contributed by atoms with Gasteiger partial charge in [0.25, 0.3) is 0 Å². The molecule has 0 radical (unpaired) electrons. The van der Waals surface area contributed by atoms with Gasteiger partial charge in [0.05, 0.1) is 5.92 Å². The number of hydrogen-bond donors (Lipinski definition) is 1. The standard InChI is InChI=1S/C13H16ClN3O/c1-8(9(2)15)13-16-12(17-18-13)7-10-3-5-11(14)6-4-10/h3-6,8-9H,7,15H2,1-2H3. The molecule has 18 heavy (non-hydrogen) atoms. The molecule has 0 aliphatic heterocycles. The van der Waals surface area contributed by atoms with Crippen molar-refractivity contribution in [3.63, 3.8) is 0 Å². The van der Waals surface area contributed by atoms with Crippen LogP contribution in [0.5, 0.6) is 0 Å². The van der Waals surface area contributed by atoms with Gasteiger partial charge >= 0.3 is 0 Å². The highest BCUT2D eigenvalue weighted by Crippen LogP contribution is 2.17. The Morgan fingerprint density at radius 2 is 1.94 bits per heavy atom. The van der Waals surface area contributed by atoms with E-state index in [0.717, 1.165) is 10.6 Å². The fourth-order valence-corrected chi connectivity index (χ4v) is 1.66. The summed E-state index contributed by atoms with van der Waals surface area (Å²) in [6, 6.07) is 7.60. The summed E-state index contributed by atoms with van der Waals surface area (Å²) in [5.41, 5.74) is 6.90. The van der Waals surface area contributed by atoms with Gasteiger partial charge in [-0.2, -0.15) is 4.98 Å². The monoisotopic (exact) mass is 265 g/mol. The fourth-order valence-electron chi connectivity index (χ4n) is 1.53. The minimum absolute atomic E-state index is 0.00571. The highest BCUT2D eigenvalue weighted by atomic mass is 35.5. The molecule has 0 aliphatic carbocycles. The molecule has 0 saturated carbocycles. The molecule has 0 spiro atoms. The van der Waals surface area contributed by atoms with Gasteiger partial charge in [0.2, 0.25) is 5.89 Å². The average Bonchev–Trinajstić information content (AvgIpc) is 2.79. The van der Waals surface area contributed by atoms with Crippen LogP contribution in [0.3, 0.4) is 0 Å². The number of benzene rings is 1. The van der Waals surface area contributed by atoms with E-state index in [1.54, 1.807) is 0 Å². The Hall–Kier alpha value is -1.39. The zero-order valence-corrected chi connectivity index (χ0v) is 11.2. The molecule has 0 bridgehead atoms. The molecule has 2 N–H and O–H groups in total. The number of rotatable bonds is 4. The van der Waals surface area contributed by atoms with Crippen molar-refractivity contribution in [3.05, 3.63) is 46.6 Å². The van der Waals surface area contributed by atoms with Crippen molar-refractivity contribution in [2.24, 2.45) is 5.73 Å². The van der Waals surface area contributed by atoms with Crippen LogP contribution in [0.25, 0.3) is 0 Å². The largest absolute Gasteiger partial charge is 0.339 e. The van der Waals surface area contributed by atoms with E-state index >= 15 is 0 Å². The van der Waals surface area contributed by atoms with Crippen LogP contribution < -0.4 is 5.73 Å². The van der Waals surface area contributed by atoms with Crippen LogP contribution in [0, 0.1) is 0 Å². The van der Waals surface area contributed by atoms with Gasteiger partial charge < -0.3 is 10.3 Å². The van der Waals surface area contributed by atoms with Gasteiger partial charge in [-0.1, -0.05) is 35.8 Å².